The van der Waals surface area contributed by atoms with Crippen molar-refractivity contribution in [1.29, 1.82) is 0 Å². The summed E-state index contributed by atoms with van der Waals surface area (Å²) in [5.74, 6) is -0.838. The van der Waals surface area contributed by atoms with E-state index in [2.05, 4.69) is 10.2 Å². The fraction of sp³-hybridized carbons (Fsp3) is 0.625. The third kappa shape index (κ3) is 4.00. The van der Waals surface area contributed by atoms with E-state index in [9.17, 15) is 13.8 Å². The molecular formula is C8H13N3O4S2. The van der Waals surface area contributed by atoms with Gasteiger partial charge in [0.05, 0.1) is 5.75 Å². The molecule has 9 heteroatoms. The second-order valence-corrected chi connectivity index (χ2v) is 5.87. The molecule has 0 aliphatic carbocycles. The van der Waals surface area contributed by atoms with E-state index in [1.54, 1.807) is 13.2 Å². The maximum Gasteiger partial charge on any atom is 0.344 e. The Kier molecular flexibility index (Phi) is 4.94. The van der Waals surface area contributed by atoms with Crippen LogP contribution in [0.15, 0.2) is 9.95 Å². The average Bonchev–Trinajstić information content (AvgIpc) is 2.55. The standard InChI is InChI=1S/C8H13N3O4S2/c1-5(4-17(2)15)11-7(14)9-10-8(11)16-3-6(12)13/h5H,3-4H2,1-2H3,(H,9,14)(H,12,13). The number of carboxylic acid groups (broad SMARTS) is 1. The van der Waals surface area contributed by atoms with Crippen molar-refractivity contribution in [1.82, 2.24) is 14.8 Å². The summed E-state index contributed by atoms with van der Waals surface area (Å²) in [7, 11) is -1.04. The van der Waals surface area contributed by atoms with Gasteiger partial charge in [-0.05, 0) is 6.92 Å². The van der Waals surface area contributed by atoms with Crippen LogP contribution < -0.4 is 5.69 Å². The van der Waals surface area contributed by atoms with Crippen molar-refractivity contribution < 1.29 is 14.1 Å². The van der Waals surface area contributed by atoms with E-state index in [0.717, 1.165) is 11.8 Å². The fourth-order valence-electron chi connectivity index (χ4n) is 1.32. The minimum absolute atomic E-state index is 0.174. The molecule has 1 aromatic heterocycles. The molecule has 0 amide bonds. The molecule has 0 aliphatic heterocycles. The number of nitrogens with one attached hydrogen (secondary N) is 1. The summed E-state index contributed by atoms with van der Waals surface area (Å²) in [6, 6.07) is -0.289. The van der Waals surface area contributed by atoms with Gasteiger partial charge in [0.2, 0.25) is 0 Å². The molecule has 0 saturated carbocycles. The van der Waals surface area contributed by atoms with E-state index in [1.165, 1.54) is 4.57 Å². The van der Waals surface area contributed by atoms with E-state index in [1.807, 2.05) is 0 Å². The van der Waals surface area contributed by atoms with Gasteiger partial charge in [-0.15, -0.1) is 5.10 Å². The van der Waals surface area contributed by atoms with Gasteiger partial charge in [0.15, 0.2) is 5.16 Å². The van der Waals surface area contributed by atoms with Gasteiger partial charge in [-0.25, -0.2) is 9.89 Å². The van der Waals surface area contributed by atoms with E-state index in [0.29, 0.717) is 10.9 Å². The second-order valence-electron chi connectivity index (χ2n) is 3.45. The Bertz CT molecular complexity index is 481. The van der Waals surface area contributed by atoms with Crippen molar-refractivity contribution >= 4 is 28.5 Å². The summed E-state index contributed by atoms with van der Waals surface area (Å²) in [5, 5.41) is 14.9. The first-order chi connectivity index (χ1) is 7.91. The van der Waals surface area contributed by atoms with Crippen LogP contribution in [0.5, 0.6) is 0 Å². The van der Waals surface area contributed by atoms with Crippen LogP contribution in [0.25, 0.3) is 0 Å². The average molecular weight is 279 g/mol. The highest BCUT2D eigenvalue weighted by Crippen LogP contribution is 2.17. The van der Waals surface area contributed by atoms with Crippen LogP contribution in [-0.4, -0.2) is 47.8 Å². The lowest BCUT2D eigenvalue weighted by molar-refractivity contribution is -0.133. The Balaban J connectivity index is 2.89. The molecule has 1 rings (SSSR count). The molecule has 1 heterocycles. The molecule has 0 aliphatic rings. The molecule has 17 heavy (non-hydrogen) atoms. The van der Waals surface area contributed by atoms with Gasteiger partial charge in [-0.1, -0.05) is 11.8 Å². The number of H-pyrrole nitrogens is 1. The molecule has 0 radical (unpaired) electrons. The topological polar surface area (TPSA) is 105 Å². The third-order valence-electron chi connectivity index (χ3n) is 1.91. The van der Waals surface area contributed by atoms with Crippen molar-refractivity contribution in [3.63, 3.8) is 0 Å². The first kappa shape index (κ1) is 14.0. The Morgan fingerprint density at radius 3 is 2.88 bits per heavy atom. The van der Waals surface area contributed by atoms with Gasteiger partial charge in [0.1, 0.15) is 0 Å². The summed E-state index contributed by atoms with van der Waals surface area (Å²) in [6.07, 6.45) is 1.55. The van der Waals surface area contributed by atoms with E-state index in [-0.39, 0.29) is 11.8 Å². The fourth-order valence-corrected chi connectivity index (χ4v) is 2.91. The molecule has 2 atom stereocenters. The van der Waals surface area contributed by atoms with Crippen molar-refractivity contribution in [3.8, 4) is 0 Å². The SMILES string of the molecule is CC(CS(C)=O)n1c(SCC(=O)O)n[nH]c1=O. The number of carboxylic acids is 1. The minimum atomic E-state index is -1.04. The molecule has 0 bridgehead atoms. The third-order valence-corrected chi connectivity index (χ3v) is 3.80. The first-order valence-corrected chi connectivity index (χ1v) is 7.44. The molecule has 2 unspecified atom stereocenters. The molecule has 0 saturated heterocycles. The number of aromatic nitrogens is 3. The number of hydrogen-bond acceptors (Lipinski definition) is 5. The zero-order valence-electron chi connectivity index (χ0n) is 9.37. The van der Waals surface area contributed by atoms with Crippen LogP contribution in [0, 0.1) is 0 Å². The number of nitrogens with zero attached hydrogens (tertiary/aromatic N) is 2. The molecule has 0 aromatic carbocycles. The molecule has 96 valence electrons. The van der Waals surface area contributed by atoms with Gasteiger partial charge in [0.25, 0.3) is 0 Å². The molecule has 1 aromatic rings. The van der Waals surface area contributed by atoms with E-state index >= 15 is 0 Å². The van der Waals surface area contributed by atoms with Crippen molar-refractivity contribution in [3.05, 3.63) is 10.5 Å². The lowest BCUT2D eigenvalue weighted by Crippen LogP contribution is -2.25. The lowest BCUT2D eigenvalue weighted by Gasteiger charge is -2.11. The number of aliphatic carboxylic acids is 1. The Hall–Kier alpha value is -1.09. The maximum atomic E-state index is 11.5. The number of aromatic amines is 1. The first-order valence-electron chi connectivity index (χ1n) is 4.73. The van der Waals surface area contributed by atoms with Crippen molar-refractivity contribution in [2.45, 2.75) is 18.1 Å². The summed E-state index contributed by atoms with van der Waals surface area (Å²) in [4.78, 5) is 21.9. The number of thioether (sulfide) groups is 1. The van der Waals surface area contributed by atoms with Crippen LogP contribution in [0.3, 0.4) is 0 Å². The Morgan fingerprint density at radius 2 is 2.35 bits per heavy atom. The predicted octanol–water partition coefficient (Wildman–Crippen LogP) is -0.312. The number of carbonyl (C=O) groups is 1. The maximum absolute atomic E-state index is 11.5. The Morgan fingerprint density at radius 1 is 1.71 bits per heavy atom. The van der Waals surface area contributed by atoms with Crippen molar-refractivity contribution in [2.24, 2.45) is 0 Å². The van der Waals surface area contributed by atoms with Gasteiger partial charge >= 0.3 is 11.7 Å². The van der Waals surface area contributed by atoms with Crippen LogP contribution >= 0.6 is 11.8 Å². The smallest absolute Gasteiger partial charge is 0.344 e. The highest BCUT2D eigenvalue weighted by molar-refractivity contribution is 7.99. The molecule has 7 nitrogen and oxygen atoms in total. The highest BCUT2D eigenvalue weighted by atomic mass is 32.2. The van der Waals surface area contributed by atoms with Gasteiger partial charge in [-0.2, -0.15) is 0 Å². The molecule has 2 N–H and O–H groups in total. The largest absolute Gasteiger partial charge is 0.481 e. The summed E-state index contributed by atoms with van der Waals surface area (Å²) in [5.41, 5.74) is -0.421. The molecule has 0 fully saturated rings. The summed E-state index contributed by atoms with van der Waals surface area (Å²) < 4.78 is 12.4. The second kappa shape index (κ2) is 6.01. The van der Waals surface area contributed by atoms with Gasteiger partial charge < -0.3 is 5.11 Å². The molecule has 0 spiro atoms. The van der Waals surface area contributed by atoms with E-state index < -0.39 is 22.5 Å². The molecular weight excluding hydrogens is 266 g/mol. The van der Waals surface area contributed by atoms with Crippen molar-refractivity contribution in [2.75, 3.05) is 17.8 Å². The predicted molar refractivity (Wildman–Crippen MR) is 64.9 cm³/mol. The summed E-state index contributed by atoms with van der Waals surface area (Å²) in [6.45, 7) is 1.74. The van der Waals surface area contributed by atoms with Crippen LogP contribution in [-0.2, 0) is 15.6 Å². The lowest BCUT2D eigenvalue weighted by atomic mass is 10.4. The van der Waals surface area contributed by atoms with Crippen LogP contribution in [0.1, 0.15) is 13.0 Å². The highest BCUT2D eigenvalue weighted by Gasteiger charge is 2.17. The van der Waals surface area contributed by atoms with Crippen LogP contribution in [0.2, 0.25) is 0 Å². The zero-order valence-corrected chi connectivity index (χ0v) is 11.0. The van der Waals surface area contributed by atoms with Gasteiger partial charge in [0, 0.05) is 28.9 Å². The van der Waals surface area contributed by atoms with Crippen LogP contribution in [0.4, 0.5) is 0 Å². The summed E-state index contributed by atoms with van der Waals surface area (Å²) >= 11 is 0.954. The Labute approximate surface area is 104 Å². The quantitative estimate of drug-likeness (QED) is 0.692. The van der Waals surface area contributed by atoms with Gasteiger partial charge in [-0.3, -0.25) is 13.6 Å². The number of rotatable bonds is 6. The van der Waals surface area contributed by atoms with E-state index in [4.69, 9.17) is 5.11 Å². The zero-order chi connectivity index (χ0) is 13.0. The normalized spacial score (nSPS) is 14.5. The number of hydrogen-bond donors (Lipinski definition) is 2. The minimum Gasteiger partial charge on any atom is -0.481 e. The monoisotopic (exact) mass is 279 g/mol.